The van der Waals surface area contributed by atoms with Gasteiger partial charge in [0.15, 0.2) is 0 Å². The van der Waals surface area contributed by atoms with Crippen LogP contribution in [0, 0.1) is 5.41 Å². The van der Waals surface area contributed by atoms with Crippen molar-refractivity contribution < 1.29 is 0 Å². The normalized spacial score (nSPS) is 11.1. The molecular weight excluding hydrogens is 435 g/mol. The molecule has 0 radical (unpaired) electrons. The van der Waals surface area contributed by atoms with Crippen molar-refractivity contribution in [2.45, 2.75) is 44.9 Å². The third-order valence-electron chi connectivity index (χ3n) is 5.68. The Bertz CT molecular complexity index is 685. The molecular formula is C27H34BrP. The fourth-order valence-corrected chi connectivity index (χ4v) is 4.65. The van der Waals surface area contributed by atoms with Gasteiger partial charge in [-0.1, -0.05) is 104 Å². The van der Waals surface area contributed by atoms with Crippen molar-refractivity contribution >= 4 is 26.2 Å². The summed E-state index contributed by atoms with van der Waals surface area (Å²) in [7, 11) is 2.87. The highest BCUT2D eigenvalue weighted by Gasteiger charge is 2.30. The zero-order chi connectivity index (χ0) is 19.5. The van der Waals surface area contributed by atoms with Crippen molar-refractivity contribution in [1.29, 1.82) is 0 Å². The van der Waals surface area contributed by atoms with Gasteiger partial charge in [-0.2, -0.15) is 0 Å². The third kappa shape index (κ3) is 8.07. The van der Waals surface area contributed by atoms with Crippen LogP contribution in [-0.2, 0) is 19.3 Å². The van der Waals surface area contributed by atoms with Crippen LogP contribution in [0.2, 0.25) is 0 Å². The van der Waals surface area contributed by atoms with Crippen LogP contribution in [0.25, 0.3) is 0 Å². The van der Waals surface area contributed by atoms with Crippen LogP contribution in [0.3, 0.4) is 0 Å². The summed E-state index contributed by atoms with van der Waals surface area (Å²) < 4.78 is 0. The SMILES string of the molecule is Br.PCCCCCC(Cc1ccccc1)(Cc1ccccc1)Cc1ccccc1. The first-order valence-electron chi connectivity index (χ1n) is 10.6. The van der Waals surface area contributed by atoms with Crippen LogP contribution in [0.4, 0.5) is 0 Å². The maximum absolute atomic E-state index is 2.87. The molecule has 0 aliphatic heterocycles. The van der Waals surface area contributed by atoms with E-state index in [1.54, 1.807) is 0 Å². The molecule has 0 aromatic heterocycles. The number of hydrogen-bond acceptors (Lipinski definition) is 0. The van der Waals surface area contributed by atoms with E-state index in [0.29, 0.717) is 0 Å². The minimum Gasteiger partial charge on any atom is -0.138 e. The van der Waals surface area contributed by atoms with Gasteiger partial charge in [-0.25, -0.2) is 0 Å². The molecule has 0 fully saturated rings. The van der Waals surface area contributed by atoms with Gasteiger partial charge in [0.05, 0.1) is 0 Å². The lowest BCUT2D eigenvalue weighted by molar-refractivity contribution is 0.244. The molecule has 0 heterocycles. The maximum Gasteiger partial charge on any atom is -0.0176 e. The Morgan fingerprint density at radius 2 is 0.897 bits per heavy atom. The predicted octanol–water partition coefficient (Wildman–Crippen LogP) is 7.71. The van der Waals surface area contributed by atoms with Gasteiger partial charge in [0.1, 0.15) is 0 Å². The van der Waals surface area contributed by atoms with Crippen molar-refractivity contribution in [3.8, 4) is 0 Å². The third-order valence-corrected chi connectivity index (χ3v) is 6.09. The van der Waals surface area contributed by atoms with E-state index in [2.05, 4.69) is 100 Å². The van der Waals surface area contributed by atoms with E-state index in [9.17, 15) is 0 Å². The Morgan fingerprint density at radius 3 is 1.24 bits per heavy atom. The highest BCUT2D eigenvalue weighted by atomic mass is 79.9. The molecule has 0 spiro atoms. The first-order valence-corrected chi connectivity index (χ1v) is 11.4. The Balaban J connectivity index is 0.00000300. The smallest absolute Gasteiger partial charge is 0.0176 e. The number of benzene rings is 3. The van der Waals surface area contributed by atoms with Gasteiger partial charge in [0.25, 0.3) is 0 Å². The summed E-state index contributed by atoms with van der Waals surface area (Å²) in [5.41, 5.74) is 4.63. The average Bonchev–Trinajstić information content (AvgIpc) is 2.73. The van der Waals surface area contributed by atoms with E-state index < -0.39 is 0 Å². The van der Waals surface area contributed by atoms with E-state index in [4.69, 9.17) is 0 Å². The van der Waals surface area contributed by atoms with Crippen LogP contribution in [0.15, 0.2) is 91.0 Å². The lowest BCUT2D eigenvalue weighted by Gasteiger charge is -2.35. The van der Waals surface area contributed by atoms with Crippen molar-refractivity contribution in [2.24, 2.45) is 5.41 Å². The summed E-state index contributed by atoms with van der Waals surface area (Å²) in [5, 5.41) is 0. The fourth-order valence-electron chi connectivity index (χ4n) is 4.36. The second-order valence-electron chi connectivity index (χ2n) is 8.09. The van der Waals surface area contributed by atoms with Crippen LogP contribution >= 0.6 is 26.2 Å². The van der Waals surface area contributed by atoms with Crippen molar-refractivity contribution in [2.75, 3.05) is 6.16 Å². The summed E-state index contributed by atoms with van der Waals surface area (Å²) in [4.78, 5) is 0. The van der Waals surface area contributed by atoms with E-state index in [1.165, 1.54) is 48.5 Å². The summed E-state index contributed by atoms with van der Waals surface area (Å²) in [6.07, 6.45) is 9.84. The Labute approximate surface area is 190 Å². The van der Waals surface area contributed by atoms with Gasteiger partial charge >= 0.3 is 0 Å². The van der Waals surface area contributed by atoms with Crippen LogP contribution < -0.4 is 0 Å². The van der Waals surface area contributed by atoms with Crippen molar-refractivity contribution in [3.63, 3.8) is 0 Å². The number of rotatable bonds is 11. The fraction of sp³-hybridized carbons (Fsp3) is 0.333. The van der Waals surface area contributed by atoms with Gasteiger partial charge in [0.2, 0.25) is 0 Å². The number of hydrogen-bond donors (Lipinski definition) is 0. The Kier molecular flexibility index (Phi) is 10.7. The number of unbranched alkanes of at least 4 members (excludes halogenated alkanes) is 2. The zero-order valence-electron chi connectivity index (χ0n) is 17.3. The van der Waals surface area contributed by atoms with Gasteiger partial charge in [0, 0.05) is 0 Å². The summed E-state index contributed by atoms with van der Waals surface area (Å²) in [6.45, 7) is 0. The summed E-state index contributed by atoms with van der Waals surface area (Å²) in [5.74, 6) is 0. The lowest BCUT2D eigenvalue weighted by Crippen LogP contribution is -2.30. The standard InChI is InChI=1S/C27H33P.BrH/c28-20-12-4-11-19-27(21-24-13-5-1-6-14-24,22-25-15-7-2-8-16-25)23-26-17-9-3-10-18-26;/h1-3,5-10,13-18H,4,11-12,19-23,28H2;1H. The molecule has 1 unspecified atom stereocenters. The predicted molar refractivity (Wildman–Crippen MR) is 136 cm³/mol. The molecule has 3 rings (SSSR count). The van der Waals surface area contributed by atoms with E-state index in [-0.39, 0.29) is 22.4 Å². The molecule has 0 aliphatic carbocycles. The van der Waals surface area contributed by atoms with Crippen LogP contribution in [0.1, 0.15) is 42.4 Å². The highest BCUT2D eigenvalue weighted by Crippen LogP contribution is 2.37. The monoisotopic (exact) mass is 468 g/mol. The second-order valence-corrected chi connectivity index (χ2v) is 8.66. The maximum atomic E-state index is 2.87. The molecule has 2 heteroatoms. The van der Waals surface area contributed by atoms with Gasteiger partial charge in [-0.15, -0.1) is 26.2 Å². The van der Waals surface area contributed by atoms with E-state index >= 15 is 0 Å². The second kappa shape index (κ2) is 13.0. The van der Waals surface area contributed by atoms with Gasteiger partial charge < -0.3 is 0 Å². The highest BCUT2D eigenvalue weighted by molar-refractivity contribution is 8.93. The molecule has 3 aromatic rings. The quantitative estimate of drug-likeness (QED) is 0.199. The minimum atomic E-state index is 0. The molecule has 0 aliphatic rings. The van der Waals surface area contributed by atoms with E-state index in [0.717, 1.165) is 19.3 Å². The molecule has 0 saturated carbocycles. The average molecular weight is 469 g/mol. The molecule has 0 nitrogen and oxygen atoms in total. The number of halogens is 1. The van der Waals surface area contributed by atoms with Crippen molar-refractivity contribution in [3.05, 3.63) is 108 Å². The molecule has 1 atom stereocenters. The molecule has 0 amide bonds. The molecule has 154 valence electrons. The molecule has 0 saturated heterocycles. The molecule has 3 aromatic carbocycles. The minimum absolute atomic E-state index is 0. The van der Waals surface area contributed by atoms with Crippen molar-refractivity contribution in [1.82, 2.24) is 0 Å². The summed E-state index contributed by atoms with van der Waals surface area (Å²) in [6, 6.07) is 33.2. The van der Waals surface area contributed by atoms with Gasteiger partial charge in [-0.05, 0) is 60.4 Å². The topological polar surface area (TPSA) is 0 Å². The Hall–Kier alpha value is -1.43. The van der Waals surface area contributed by atoms with Crippen LogP contribution in [-0.4, -0.2) is 6.16 Å². The molecule has 29 heavy (non-hydrogen) atoms. The Morgan fingerprint density at radius 1 is 0.517 bits per heavy atom. The zero-order valence-corrected chi connectivity index (χ0v) is 20.2. The summed E-state index contributed by atoms with van der Waals surface area (Å²) >= 11 is 0. The first-order chi connectivity index (χ1) is 13.8. The van der Waals surface area contributed by atoms with Gasteiger partial charge in [-0.3, -0.25) is 0 Å². The van der Waals surface area contributed by atoms with Crippen LogP contribution in [0.5, 0.6) is 0 Å². The van der Waals surface area contributed by atoms with E-state index in [1.807, 2.05) is 0 Å². The molecule has 0 bridgehead atoms. The lowest BCUT2D eigenvalue weighted by atomic mass is 9.69. The first kappa shape index (κ1) is 23.8. The largest absolute Gasteiger partial charge is 0.138 e. The molecule has 0 N–H and O–H groups in total.